The Morgan fingerprint density at radius 2 is 2.03 bits per heavy atom. The summed E-state index contributed by atoms with van der Waals surface area (Å²) in [6.45, 7) is 2.18. The zero-order valence-electron chi connectivity index (χ0n) is 17.2. The third-order valence-corrected chi connectivity index (χ3v) is 5.27. The van der Waals surface area contributed by atoms with Gasteiger partial charge in [-0.2, -0.15) is 0 Å². The molecule has 8 nitrogen and oxygen atoms in total. The van der Waals surface area contributed by atoms with Crippen LogP contribution in [0.4, 0.5) is 0 Å². The van der Waals surface area contributed by atoms with Crippen molar-refractivity contribution in [3.05, 3.63) is 71.7 Å². The molecule has 1 saturated heterocycles. The first-order chi connectivity index (χ1) is 15.0. The Kier molecular flexibility index (Phi) is 6.08. The van der Waals surface area contributed by atoms with Crippen molar-refractivity contribution in [3.8, 4) is 11.3 Å². The minimum Gasteiger partial charge on any atom is -0.391 e. The fraction of sp³-hybridized carbons (Fsp3) is 0.304. The molecule has 4 rings (SSSR count). The van der Waals surface area contributed by atoms with Gasteiger partial charge in [0.05, 0.1) is 23.9 Å². The number of nitrogens with zero attached hydrogens (tertiary/aromatic N) is 3. The van der Waals surface area contributed by atoms with Crippen LogP contribution in [0.15, 0.2) is 59.3 Å². The number of aliphatic hydroxyl groups excluding tert-OH is 1. The van der Waals surface area contributed by atoms with Crippen LogP contribution in [-0.2, 0) is 22.6 Å². The second-order valence-corrected chi connectivity index (χ2v) is 7.70. The van der Waals surface area contributed by atoms with E-state index in [0.29, 0.717) is 11.5 Å². The number of hydrogen-bond donors (Lipinski definition) is 2. The van der Waals surface area contributed by atoms with E-state index in [0.717, 1.165) is 16.8 Å². The van der Waals surface area contributed by atoms with Gasteiger partial charge in [-0.25, -0.2) is 0 Å². The number of hydrogen-bond acceptors (Lipinski definition) is 6. The Hall–Kier alpha value is -3.52. The molecule has 2 atom stereocenters. The monoisotopic (exact) mass is 420 g/mol. The molecule has 31 heavy (non-hydrogen) atoms. The first kappa shape index (κ1) is 20.7. The molecule has 1 aliphatic rings. The molecule has 0 radical (unpaired) electrons. The van der Waals surface area contributed by atoms with E-state index in [9.17, 15) is 14.7 Å². The Labute approximate surface area is 179 Å². The van der Waals surface area contributed by atoms with Gasteiger partial charge < -0.3 is 19.8 Å². The SMILES string of the molecule is Cc1cc(CC(=O)N2C[C@H](O)C[C@H]2C(=O)NCc2ccc(-c3ccccc3)nc2)on1. The maximum Gasteiger partial charge on any atom is 0.243 e. The van der Waals surface area contributed by atoms with Crippen molar-refractivity contribution in [1.29, 1.82) is 0 Å². The van der Waals surface area contributed by atoms with Gasteiger partial charge in [0.25, 0.3) is 0 Å². The lowest BCUT2D eigenvalue weighted by molar-refractivity contribution is -0.138. The lowest BCUT2D eigenvalue weighted by Gasteiger charge is -2.23. The van der Waals surface area contributed by atoms with E-state index in [2.05, 4.69) is 15.5 Å². The minimum absolute atomic E-state index is 0.00219. The topological polar surface area (TPSA) is 109 Å². The Morgan fingerprint density at radius 1 is 1.23 bits per heavy atom. The van der Waals surface area contributed by atoms with Gasteiger partial charge in [0.15, 0.2) is 0 Å². The minimum atomic E-state index is -0.733. The summed E-state index contributed by atoms with van der Waals surface area (Å²) in [5.74, 6) is -0.139. The van der Waals surface area contributed by atoms with Crippen LogP contribution < -0.4 is 5.32 Å². The van der Waals surface area contributed by atoms with E-state index in [1.807, 2.05) is 42.5 Å². The fourth-order valence-electron chi connectivity index (χ4n) is 3.70. The second-order valence-electron chi connectivity index (χ2n) is 7.70. The van der Waals surface area contributed by atoms with Crippen molar-refractivity contribution < 1.29 is 19.2 Å². The summed E-state index contributed by atoms with van der Waals surface area (Å²) in [6, 6.07) is 14.6. The molecule has 2 aromatic heterocycles. The molecule has 0 aliphatic carbocycles. The van der Waals surface area contributed by atoms with Crippen molar-refractivity contribution >= 4 is 11.8 Å². The van der Waals surface area contributed by atoms with Crippen LogP contribution in [0.25, 0.3) is 11.3 Å². The summed E-state index contributed by atoms with van der Waals surface area (Å²) >= 11 is 0. The number of likely N-dealkylation sites (tertiary alicyclic amines) is 1. The van der Waals surface area contributed by atoms with E-state index in [-0.39, 0.29) is 37.7 Å². The number of aliphatic hydroxyl groups is 1. The summed E-state index contributed by atoms with van der Waals surface area (Å²) in [6.07, 6.45) is 1.20. The number of benzene rings is 1. The van der Waals surface area contributed by atoms with Crippen LogP contribution in [0.1, 0.15) is 23.4 Å². The Bertz CT molecular complexity index is 1050. The Balaban J connectivity index is 1.36. The lowest BCUT2D eigenvalue weighted by atomic mass is 10.1. The van der Waals surface area contributed by atoms with Crippen molar-refractivity contribution in [2.24, 2.45) is 0 Å². The first-order valence-electron chi connectivity index (χ1n) is 10.2. The van der Waals surface area contributed by atoms with Crippen molar-refractivity contribution in [2.75, 3.05) is 6.54 Å². The van der Waals surface area contributed by atoms with Gasteiger partial charge in [-0.3, -0.25) is 14.6 Å². The molecule has 0 spiro atoms. The molecule has 0 unspecified atom stereocenters. The van der Waals surface area contributed by atoms with Gasteiger partial charge in [-0.15, -0.1) is 0 Å². The normalized spacial score (nSPS) is 18.2. The zero-order valence-corrected chi connectivity index (χ0v) is 17.2. The highest BCUT2D eigenvalue weighted by Crippen LogP contribution is 2.20. The fourth-order valence-corrected chi connectivity index (χ4v) is 3.70. The average Bonchev–Trinajstić information content (AvgIpc) is 3.38. The lowest BCUT2D eigenvalue weighted by Crippen LogP contribution is -2.46. The van der Waals surface area contributed by atoms with Crippen molar-refractivity contribution in [2.45, 2.75) is 38.5 Å². The first-order valence-corrected chi connectivity index (χ1v) is 10.2. The zero-order chi connectivity index (χ0) is 21.8. The summed E-state index contributed by atoms with van der Waals surface area (Å²) in [4.78, 5) is 31.3. The van der Waals surface area contributed by atoms with Gasteiger partial charge in [-0.1, -0.05) is 41.6 Å². The maximum atomic E-state index is 12.8. The van der Waals surface area contributed by atoms with Crippen LogP contribution >= 0.6 is 0 Å². The van der Waals surface area contributed by atoms with E-state index >= 15 is 0 Å². The molecule has 8 heteroatoms. The molecule has 2 amide bonds. The standard InChI is InChI=1S/C23H24N4O4/c1-15-9-19(31-26-15)11-22(29)27-14-18(28)10-21(27)23(30)25-13-16-7-8-20(24-12-16)17-5-3-2-4-6-17/h2-9,12,18,21,28H,10-11,13-14H2,1H3,(H,25,30)/t18-,21+/m1/s1. The number of nitrogens with one attached hydrogen (secondary N) is 1. The highest BCUT2D eigenvalue weighted by molar-refractivity contribution is 5.89. The third-order valence-electron chi connectivity index (χ3n) is 5.27. The number of aryl methyl sites for hydroxylation is 1. The molecule has 0 saturated carbocycles. The predicted molar refractivity (Wildman–Crippen MR) is 113 cm³/mol. The van der Waals surface area contributed by atoms with E-state index in [1.54, 1.807) is 19.2 Å². The number of amides is 2. The van der Waals surface area contributed by atoms with Crippen LogP contribution in [-0.4, -0.2) is 50.7 Å². The molecule has 0 bridgehead atoms. The number of carbonyl (C=O) groups is 2. The van der Waals surface area contributed by atoms with E-state index in [4.69, 9.17) is 4.52 Å². The van der Waals surface area contributed by atoms with E-state index in [1.165, 1.54) is 4.90 Å². The predicted octanol–water partition coefficient (Wildman–Crippen LogP) is 1.87. The third kappa shape index (κ3) is 4.97. The van der Waals surface area contributed by atoms with Crippen LogP contribution in [0, 0.1) is 6.92 Å². The van der Waals surface area contributed by atoms with Gasteiger partial charge in [0, 0.05) is 37.3 Å². The van der Waals surface area contributed by atoms with Crippen LogP contribution in [0.3, 0.4) is 0 Å². The van der Waals surface area contributed by atoms with Crippen molar-refractivity contribution in [3.63, 3.8) is 0 Å². The number of rotatable bonds is 6. The Morgan fingerprint density at radius 3 is 2.71 bits per heavy atom. The average molecular weight is 420 g/mol. The molecule has 1 aromatic carbocycles. The molecule has 2 N–H and O–H groups in total. The maximum absolute atomic E-state index is 12.8. The summed E-state index contributed by atoms with van der Waals surface area (Å²) in [5, 5.41) is 16.7. The number of carbonyl (C=O) groups excluding carboxylic acids is 2. The summed E-state index contributed by atoms with van der Waals surface area (Å²) < 4.78 is 5.10. The molecular formula is C23H24N4O4. The molecule has 160 valence electrons. The molecular weight excluding hydrogens is 396 g/mol. The largest absolute Gasteiger partial charge is 0.391 e. The van der Waals surface area contributed by atoms with Gasteiger partial charge in [0.1, 0.15) is 11.8 Å². The highest BCUT2D eigenvalue weighted by Gasteiger charge is 2.38. The second kappa shape index (κ2) is 9.09. The van der Waals surface area contributed by atoms with E-state index < -0.39 is 12.1 Å². The number of β-amino-alcohol motifs (C(OH)–C–C–N with tert-alkyl or cyclic N) is 1. The summed E-state index contributed by atoms with van der Waals surface area (Å²) in [5.41, 5.74) is 3.41. The molecule has 1 aliphatic heterocycles. The van der Waals surface area contributed by atoms with Crippen LogP contribution in [0.5, 0.6) is 0 Å². The van der Waals surface area contributed by atoms with Crippen molar-refractivity contribution in [1.82, 2.24) is 20.4 Å². The summed E-state index contributed by atoms with van der Waals surface area (Å²) in [7, 11) is 0. The van der Waals surface area contributed by atoms with Crippen LogP contribution in [0.2, 0.25) is 0 Å². The highest BCUT2D eigenvalue weighted by atomic mass is 16.5. The molecule has 3 heterocycles. The van der Waals surface area contributed by atoms with Gasteiger partial charge >= 0.3 is 0 Å². The smallest absolute Gasteiger partial charge is 0.243 e. The molecule has 1 fully saturated rings. The number of aromatic nitrogens is 2. The van der Waals surface area contributed by atoms with Gasteiger partial charge in [0.2, 0.25) is 11.8 Å². The molecule has 3 aromatic rings. The van der Waals surface area contributed by atoms with Gasteiger partial charge in [-0.05, 0) is 18.6 Å². The number of pyridine rings is 1. The quantitative estimate of drug-likeness (QED) is 0.630.